The van der Waals surface area contributed by atoms with Gasteiger partial charge < -0.3 is 4.74 Å². The van der Waals surface area contributed by atoms with Crippen LogP contribution in [0.5, 0.6) is 0 Å². The van der Waals surface area contributed by atoms with Gasteiger partial charge >= 0.3 is 0 Å². The van der Waals surface area contributed by atoms with Gasteiger partial charge in [0.05, 0.1) is 7.11 Å². The fourth-order valence-corrected chi connectivity index (χ4v) is 0.356. The maximum atomic E-state index is 11.2. The van der Waals surface area contributed by atoms with E-state index in [2.05, 4.69) is 4.99 Å². The molecule has 0 radical (unpaired) electrons. The lowest BCUT2D eigenvalue weighted by Gasteiger charge is -2.12. The average molecular weight is 157 g/mol. The number of rotatable bonds is 0. The number of hydrogen-bond donors (Lipinski definition) is 0. The summed E-state index contributed by atoms with van der Waals surface area (Å²) in [5.41, 5.74) is -0.417. The van der Waals surface area contributed by atoms with Gasteiger partial charge in [-0.3, -0.25) is 4.79 Å². The van der Waals surface area contributed by atoms with E-state index >= 15 is 0 Å². The molecule has 0 N–H and O–H groups in total. The first kappa shape index (κ1) is 10.1. The Hall–Kier alpha value is -0.860. The predicted octanol–water partition coefficient (Wildman–Crippen LogP) is 1.62. The minimum Gasteiger partial charge on any atom is -0.484 e. The molecule has 0 spiro atoms. The van der Waals surface area contributed by atoms with E-state index in [1.165, 1.54) is 7.11 Å². The normalized spacial score (nSPS) is 13.0. The molecule has 0 aliphatic heterocycles. The Bertz CT molecular complexity index is 177. The fourth-order valence-electron chi connectivity index (χ4n) is 0.356. The van der Waals surface area contributed by atoms with Crippen LogP contribution in [-0.4, -0.2) is 18.9 Å². The van der Waals surface area contributed by atoms with Crippen molar-refractivity contribution in [2.45, 2.75) is 27.7 Å². The van der Waals surface area contributed by atoms with Gasteiger partial charge in [-0.2, -0.15) is 4.99 Å². The summed E-state index contributed by atoms with van der Waals surface area (Å²) in [6.07, 6.45) is 0. The Kier molecular flexibility index (Phi) is 3.23. The molecule has 64 valence electrons. The molecular formula is C8H15NO2. The van der Waals surface area contributed by atoms with Crippen LogP contribution < -0.4 is 0 Å². The van der Waals surface area contributed by atoms with Gasteiger partial charge in [-0.1, -0.05) is 20.8 Å². The molecule has 0 atom stereocenters. The van der Waals surface area contributed by atoms with Crippen molar-refractivity contribution in [3.8, 4) is 0 Å². The standard InChI is InChI=1S/C8H15NO2/c1-6(11-5)9-7(10)8(2,3)4/h1-5H3. The van der Waals surface area contributed by atoms with Gasteiger partial charge in [0.15, 0.2) is 5.90 Å². The van der Waals surface area contributed by atoms with Crippen LogP contribution in [0.4, 0.5) is 0 Å². The molecule has 11 heavy (non-hydrogen) atoms. The topological polar surface area (TPSA) is 38.7 Å². The molecule has 0 aromatic rings. The second-order valence-electron chi connectivity index (χ2n) is 3.39. The monoisotopic (exact) mass is 157 g/mol. The van der Waals surface area contributed by atoms with Crippen LogP contribution in [0.2, 0.25) is 0 Å². The first-order valence-corrected chi connectivity index (χ1v) is 3.51. The first-order chi connectivity index (χ1) is 4.88. The third kappa shape index (κ3) is 3.75. The van der Waals surface area contributed by atoms with Gasteiger partial charge in [-0.05, 0) is 0 Å². The number of ether oxygens (including phenoxy) is 1. The molecule has 0 fully saturated rings. The first-order valence-electron chi connectivity index (χ1n) is 3.51. The highest BCUT2D eigenvalue weighted by Crippen LogP contribution is 2.14. The molecule has 0 aliphatic rings. The number of nitrogens with zero attached hydrogens (tertiary/aromatic N) is 1. The highest BCUT2D eigenvalue weighted by molar-refractivity contribution is 5.92. The molecule has 3 heteroatoms. The van der Waals surface area contributed by atoms with Crippen molar-refractivity contribution in [1.29, 1.82) is 0 Å². The number of carbonyl (C=O) groups is 1. The van der Waals surface area contributed by atoms with E-state index in [4.69, 9.17) is 4.74 Å². The average Bonchev–Trinajstić information content (AvgIpc) is 1.85. The van der Waals surface area contributed by atoms with Crippen LogP contribution in [0.3, 0.4) is 0 Å². The van der Waals surface area contributed by atoms with Gasteiger partial charge in [0.25, 0.3) is 5.91 Å². The molecule has 0 heterocycles. The van der Waals surface area contributed by atoms with Crippen molar-refractivity contribution < 1.29 is 9.53 Å². The summed E-state index contributed by atoms with van der Waals surface area (Å²) in [6, 6.07) is 0. The molecule has 3 nitrogen and oxygen atoms in total. The Morgan fingerprint density at radius 3 is 2.09 bits per heavy atom. The largest absolute Gasteiger partial charge is 0.484 e. The lowest BCUT2D eigenvalue weighted by atomic mass is 9.96. The summed E-state index contributed by atoms with van der Waals surface area (Å²) in [7, 11) is 1.49. The van der Waals surface area contributed by atoms with E-state index < -0.39 is 5.41 Å². The molecule has 0 saturated heterocycles. The van der Waals surface area contributed by atoms with Gasteiger partial charge in [-0.25, -0.2) is 0 Å². The SMILES string of the molecule is COC(C)=NC(=O)C(C)(C)C. The summed E-state index contributed by atoms with van der Waals surface area (Å²) in [5, 5.41) is 0. The zero-order chi connectivity index (χ0) is 9.07. The van der Waals surface area contributed by atoms with Crippen molar-refractivity contribution in [2.75, 3.05) is 7.11 Å². The lowest BCUT2D eigenvalue weighted by Crippen LogP contribution is -2.19. The van der Waals surface area contributed by atoms with Crippen LogP contribution in [0, 0.1) is 5.41 Å². The van der Waals surface area contributed by atoms with Crippen molar-refractivity contribution in [3.05, 3.63) is 0 Å². The molecule has 0 aliphatic carbocycles. The predicted molar refractivity (Wildman–Crippen MR) is 44.6 cm³/mol. The summed E-state index contributed by atoms with van der Waals surface area (Å²) < 4.78 is 4.75. The number of amides is 1. The van der Waals surface area contributed by atoms with E-state index in [1.54, 1.807) is 6.92 Å². The van der Waals surface area contributed by atoms with Crippen molar-refractivity contribution in [1.82, 2.24) is 0 Å². The van der Waals surface area contributed by atoms with Crippen molar-refractivity contribution in [3.63, 3.8) is 0 Å². The quantitative estimate of drug-likeness (QED) is 0.396. The van der Waals surface area contributed by atoms with Crippen LogP contribution in [0.15, 0.2) is 4.99 Å². The zero-order valence-corrected chi connectivity index (χ0v) is 7.76. The van der Waals surface area contributed by atoms with Gasteiger partial charge in [-0.15, -0.1) is 0 Å². The minimum atomic E-state index is -0.417. The number of carbonyl (C=O) groups excluding carboxylic acids is 1. The molecule has 0 bridgehead atoms. The van der Waals surface area contributed by atoms with Gasteiger partial charge in [0.2, 0.25) is 0 Å². The summed E-state index contributed by atoms with van der Waals surface area (Å²) in [5.74, 6) is 0.252. The maximum Gasteiger partial charge on any atom is 0.254 e. The van der Waals surface area contributed by atoms with Gasteiger partial charge in [0, 0.05) is 12.3 Å². The Morgan fingerprint density at radius 1 is 1.36 bits per heavy atom. The molecule has 0 rings (SSSR count). The summed E-state index contributed by atoms with van der Waals surface area (Å²) in [4.78, 5) is 14.9. The second kappa shape index (κ2) is 3.51. The molecule has 0 saturated carbocycles. The summed E-state index contributed by atoms with van der Waals surface area (Å²) >= 11 is 0. The second-order valence-corrected chi connectivity index (χ2v) is 3.39. The molecular weight excluding hydrogens is 142 g/mol. The smallest absolute Gasteiger partial charge is 0.254 e. The van der Waals surface area contributed by atoms with Crippen LogP contribution in [-0.2, 0) is 9.53 Å². The molecule has 1 amide bonds. The number of hydrogen-bond acceptors (Lipinski definition) is 2. The Morgan fingerprint density at radius 2 is 1.82 bits per heavy atom. The highest BCUT2D eigenvalue weighted by Gasteiger charge is 2.20. The lowest BCUT2D eigenvalue weighted by molar-refractivity contribution is -0.124. The highest BCUT2D eigenvalue weighted by atomic mass is 16.5. The minimum absolute atomic E-state index is 0.156. The van der Waals surface area contributed by atoms with Gasteiger partial charge in [0.1, 0.15) is 0 Å². The zero-order valence-electron chi connectivity index (χ0n) is 7.76. The Labute approximate surface area is 67.5 Å². The van der Waals surface area contributed by atoms with E-state index in [1.807, 2.05) is 20.8 Å². The fraction of sp³-hybridized carbons (Fsp3) is 0.750. The number of aliphatic imine (C=N–C) groups is 1. The van der Waals surface area contributed by atoms with Crippen LogP contribution in [0.1, 0.15) is 27.7 Å². The Balaban J connectivity index is 4.30. The molecule has 0 unspecified atom stereocenters. The van der Waals surface area contributed by atoms with Crippen LogP contribution in [0.25, 0.3) is 0 Å². The van der Waals surface area contributed by atoms with Crippen molar-refractivity contribution in [2.24, 2.45) is 10.4 Å². The third-order valence-electron chi connectivity index (χ3n) is 1.20. The maximum absolute atomic E-state index is 11.2. The van der Waals surface area contributed by atoms with E-state index in [0.717, 1.165) is 0 Å². The third-order valence-corrected chi connectivity index (χ3v) is 1.20. The number of methoxy groups -OCH3 is 1. The van der Waals surface area contributed by atoms with E-state index in [-0.39, 0.29) is 5.91 Å². The van der Waals surface area contributed by atoms with E-state index in [9.17, 15) is 4.79 Å². The van der Waals surface area contributed by atoms with Crippen molar-refractivity contribution >= 4 is 11.8 Å². The summed E-state index contributed by atoms with van der Waals surface area (Å²) in [6.45, 7) is 7.12. The van der Waals surface area contributed by atoms with Crippen LogP contribution >= 0.6 is 0 Å². The molecule has 0 aromatic carbocycles. The van der Waals surface area contributed by atoms with E-state index in [0.29, 0.717) is 5.90 Å². The molecule has 0 aromatic heterocycles.